The van der Waals surface area contributed by atoms with Crippen molar-refractivity contribution >= 4 is 11.8 Å². The van der Waals surface area contributed by atoms with Crippen LogP contribution in [0.25, 0.3) is 0 Å². The Balaban J connectivity index is 1.91. The van der Waals surface area contributed by atoms with E-state index in [1.807, 2.05) is 0 Å². The van der Waals surface area contributed by atoms with Crippen molar-refractivity contribution < 1.29 is 9.59 Å². The van der Waals surface area contributed by atoms with Crippen molar-refractivity contribution in [1.29, 1.82) is 0 Å². The fourth-order valence-electron chi connectivity index (χ4n) is 2.61. The lowest BCUT2D eigenvalue weighted by Gasteiger charge is -2.23. The quantitative estimate of drug-likeness (QED) is 0.840. The molecule has 8 heteroatoms. The minimum Gasteiger partial charge on any atom is -0.365 e. The molecule has 0 spiro atoms. The molecule has 0 aliphatic carbocycles. The van der Waals surface area contributed by atoms with Gasteiger partial charge in [0.15, 0.2) is 0 Å². The van der Waals surface area contributed by atoms with Crippen LogP contribution in [-0.2, 0) is 0 Å². The number of nitrogens with zero attached hydrogens (tertiary/aromatic N) is 4. The first-order chi connectivity index (χ1) is 10.2. The Labute approximate surface area is 120 Å². The molecule has 1 fully saturated rings. The molecule has 1 aliphatic rings. The summed E-state index contributed by atoms with van der Waals surface area (Å²) in [4.78, 5) is 33.5. The first-order valence-electron chi connectivity index (χ1n) is 6.58. The van der Waals surface area contributed by atoms with Crippen LogP contribution in [0.2, 0.25) is 0 Å². The molecule has 0 bridgehead atoms. The number of primary amides is 1. The molecule has 2 amide bonds. The van der Waals surface area contributed by atoms with Gasteiger partial charge in [-0.2, -0.15) is 5.10 Å². The minimum absolute atomic E-state index is 0.212. The summed E-state index contributed by atoms with van der Waals surface area (Å²) >= 11 is 0. The van der Waals surface area contributed by atoms with Gasteiger partial charge >= 0.3 is 0 Å². The highest BCUT2D eigenvalue weighted by molar-refractivity contribution is 5.95. The normalized spacial score (nSPS) is 17.9. The van der Waals surface area contributed by atoms with Gasteiger partial charge in [-0.1, -0.05) is 0 Å². The van der Waals surface area contributed by atoms with Gasteiger partial charge in [-0.05, 0) is 12.8 Å². The van der Waals surface area contributed by atoms with E-state index in [1.165, 1.54) is 24.8 Å². The number of carbonyl (C=O) groups is 2. The van der Waals surface area contributed by atoms with Gasteiger partial charge in [-0.3, -0.25) is 19.7 Å². The number of H-pyrrole nitrogens is 1. The Hall–Kier alpha value is -2.77. The summed E-state index contributed by atoms with van der Waals surface area (Å²) in [5.74, 6) is -0.770. The molecule has 3 rings (SSSR count). The smallest absolute Gasteiger partial charge is 0.274 e. The van der Waals surface area contributed by atoms with Crippen molar-refractivity contribution in [3.05, 3.63) is 41.7 Å². The average molecular weight is 286 g/mol. The third-order valence-corrected chi connectivity index (χ3v) is 3.56. The topological polar surface area (TPSA) is 118 Å². The average Bonchev–Trinajstić information content (AvgIpc) is 3.15. The maximum Gasteiger partial charge on any atom is 0.274 e. The van der Waals surface area contributed by atoms with Crippen LogP contribution in [-0.4, -0.2) is 43.4 Å². The number of aromatic nitrogens is 4. The lowest BCUT2D eigenvalue weighted by atomic mass is 10.1. The van der Waals surface area contributed by atoms with Crippen molar-refractivity contribution in [2.24, 2.45) is 5.73 Å². The summed E-state index contributed by atoms with van der Waals surface area (Å²) in [5.41, 5.74) is 6.52. The van der Waals surface area contributed by atoms with Gasteiger partial charge in [-0.25, -0.2) is 4.98 Å². The van der Waals surface area contributed by atoms with Crippen molar-refractivity contribution in [1.82, 2.24) is 25.1 Å². The predicted octanol–water partition coefficient (Wildman–Crippen LogP) is 0.276. The van der Waals surface area contributed by atoms with Crippen molar-refractivity contribution in [2.45, 2.75) is 18.9 Å². The standard InChI is InChI=1S/C13H14N6O2/c14-12(20)8-6-17-18-11(8)10-2-1-5-19(10)13(21)9-7-15-3-4-16-9/h3-4,6-7,10H,1-2,5H2,(H2,14,20)(H,17,18)/t10-/m0/s1. The fourth-order valence-corrected chi connectivity index (χ4v) is 2.61. The molecule has 8 nitrogen and oxygen atoms in total. The molecule has 1 atom stereocenters. The zero-order valence-electron chi connectivity index (χ0n) is 11.2. The third kappa shape index (κ3) is 2.35. The van der Waals surface area contributed by atoms with Crippen LogP contribution in [0.4, 0.5) is 0 Å². The first-order valence-corrected chi connectivity index (χ1v) is 6.58. The Morgan fingerprint density at radius 3 is 2.90 bits per heavy atom. The summed E-state index contributed by atoms with van der Waals surface area (Å²) in [7, 11) is 0. The number of nitrogens with two attached hydrogens (primary N) is 1. The highest BCUT2D eigenvalue weighted by Crippen LogP contribution is 2.33. The lowest BCUT2D eigenvalue weighted by molar-refractivity contribution is 0.0724. The molecule has 108 valence electrons. The number of hydrogen-bond acceptors (Lipinski definition) is 5. The number of amides is 2. The SMILES string of the molecule is NC(=O)c1cn[nH]c1[C@@H]1CCCN1C(=O)c1cnccn1. The summed E-state index contributed by atoms with van der Waals surface area (Å²) in [5, 5.41) is 6.65. The van der Waals surface area contributed by atoms with Crippen LogP contribution >= 0.6 is 0 Å². The van der Waals surface area contributed by atoms with Gasteiger partial charge in [0, 0.05) is 18.9 Å². The van der Waals surface area contributed by atoms with E-state index < -0.39 is 5.91 Å². The second-order valence-electron chi connectivity index (χ2n) is 4.81. The number of carbonyl (C=O) groups excluding carboxylic acids is 2. The van der Waals surface area contributed by atoms with E-state index in [4.69, 9.17) is 5.73 Å². The Morgan fingerprint density at radius 2 is 2.19 bits per heavy atom. The number of likely N-dealkylation sites (tertiary alicyclic amines) is 1. The van der Waals surface area contributed by atoms with Crippen LogP contribution in [0.15, 0.2) is 24.8 Å². The van der Waals surface area contributed by atoms with E-state index in [9.17, 15) is 9.59 Å². The van der Waals surface area contributed by atoms with Crippen LogP contribution < -0.4 is 5.73 Å². The van der Waals surface area contributed by atoms with E-state index >= 15 is 0 Å². The maximum atomic E-state index is 12.5. The molecule has 0 aromatic carbocycles. The molecule has 0 radical (unpaired) electrons. The highest BCUT2D eigenvalue weighted by atomic mass is 16.2. The molecule has 1 saturated heterocycles. The van der Waals surface area contributed by atoms with E-state index in [-0.39, 0.29) is 17.6 Å². The largest absolute Gasteiger partial charge is 0.365 e. The monoisotopic (exact) mass is 286 g/mol. The Kier molecular flexibility index (Phi) is 3.35. The molecule has 1 aliphatic heterocycles. The highest BCUT2D eigenvalue weighted by Gasteiger charge is 2.34. The Morgan fingerprint density at radius 1 is 1.33 bits per heavy atom. The van der Waals surface area contributed by atoms with Gasteiger partial charge in [0.1, 0.15) is 5.69 Å². The predicted molar refractivity (Wildman–Crippen MR) is 72.1 cm³/mol. The molecule has 0 unspecified atom stereocenters. The number of rotatable bonds is 3. The summed E-state index contributed by atoms with van der Waals surface area (Å²) in [6.45, 7) is 0.595. The second kappa shape index (κ2) is 5.31. The first kappa shape index (κ1) is 13.2. The molecule has 21 heavy (non-hydrogen) atoms. The van der Waals surface area contributed by atoms with Crippen molar-refractivity contribution in [3.8, 4) is 0 Å². The summed E-state index contributed by atoms with van der Waals surface area (Å²) in [6.07, 6.45) is 7.39. The van der Waals surface area contributed by atoms with E-state index in [2.05, 4.69) is 20.2 Å². The molecular formula is C13H14N6O2. The van der Waals surface area contributed by atoms with E-state index in [0.717, 1.165) is 12.8 Å². The van der Waals surface area contributed by atoms with Gasteiger partial charge in [-0.15, -0.1) is 0 Å². The summed E-state index contributed by atoms with van der Waals surface area (Å²) < 4.78 is 0. The van der Waals surface area contributed by atoms with Crippen molar-refractivity contribution in [3.63, 3.8) is 0 Å². The van der Waals surface area contributed by atoms with Crippen LogP contribution in [0.5, 0.6) is 0 Å². The molecular weight excluding hydrogens is 272 g/mol. The van der Waals surface area contributed by atoms with Gasteiger partial charge in [0.25, 0.3) is 11.8 Å². The molecule has 3 heterocycles. The van der Waals surface area contributed by atoms with Crippen LogP contribution in [0, 0.1) is 0 Å². The zero-order valence-corrected chi connectivity index (χ0v) is 11.2. The molecule has 2 aromatic rings. The minimum atomic E-state index is -0.558. The Bertz CT molecular complexity index is 668. The number of nitrogens with one attached hydrogen (secondary N) is 1. The number of aromatic amines is 1. The second-order valence-corrected chi connectivity index (χ2v) is 4.81. The van der Waals surface area contributed by atoms with Gasteiger partial charge in [0.2, 0.25) is 0 Å². The van der Waals surface area contributed by atoms with Crippen LogP contribution in [0.3, 0.4) is 0 Å². The molecule has 2 aromatic heterocycles. The van der Waals surface area contributed by atoms with E-state index in [0.29, 0.717) is 17.8 Å². The van der Waals surface area contributed by atoms with Crippen molar-refractivity contribution in [2.75, 3.05) is 6.54 Å². The van der Waals surface area contributed by atoms with Crippen LogP contribution in [0.1, 0.15) is 45.4 Å². The zero-order chi connectivity index (χ0) is 14.8. The summed E-state index contributed by atoms with van der Waals surface area (Å²) in [6, 6.07) is -0.246. The fraction of sp³-hybridized carbons (Fsp3) is 0.308. The van der Waals surface area contributed by atoms with Gasteiger partial charge in [0.05, 0.1) is 29.7 Å². The molecule has 0 saturated carbocycles. The van der Waals surface area contributed by atoms with E-state index in [1.54, 1.807) is 4.90 Å². The van der Waals surface area contributed by atoms with Gasteiger partial charge < -0.3 is 10.6 Å². The molecule has 3 N–H and O–H groups in total. The number of hydrogen-bond donors (Lipinski definition) is 2. The maximum absolute atomic E-state index is 12.5. The third-order valence-electron chi connectivity index (χ3n) is 3.56. The lowest BCUT2D eigenvalue weighted by Crippen LogP contribution is -2.32.